The Morgan fingerprint density at radius 1 is 1.25 bits per heavy atom. The molecule has 0 aromatic heterocycles. The summed E-state index contributed by atoms with van der Waals surface area (Å²) in [6.45, 7) is 2.08. The molecule has 1 aliphatic carbocycles. The number of carbonyl (C=O) groups excluding carboxylic acids is 1. The van der Waals surface area contributed by atoms with Gasteiger partial charge in [0.2, 0.25) is 5.91 Å². The van der Waals surface area contributed by atoms with Crippen LogP contribution in [0.3, 0.4) is 0 Å². The number of nitrogens with one attached hydrogen (secondary N) is 1. The van der Waals surface area contributed by atoms with E-state index in [0.29, 0.717) is 0 Å². The minimum absolute atomic E-state index is 0.0240. The van der Waals surface area contributed by atoms with E-state index in [1.165, 1.54) is 0 Å². The minimum Gasteiger partial charge on any atom is -0.497 e. The van der Waals surface area contributed by atoms with Gasteiger partial charge in [0.25, 0.3) is 0 Å². The number of hydrogen-bond donors (Lipinski definition) is 1. The summed E-state index contributed by atoms with van der Waals surface area (Å²) in [5, 5.41) is 3.93. The van der Waals surface area contributed by atoms with E-state index in [-0.39, 0.29) is 23.8 Å². The third kappa shape index (κ3) is 3.57. The molecule has 0 radical (unpaired) electrons. The van der Waals surface area contributed by atoms with Gasteiger partial charge in [0.1, 0.15) is 5.75 Å². The molecule has 2 aromatic carbocycles. The topological polar surface area (TPSA) is 38.3 Å². The van der Waals surface area contributed by atoms with Crippen LogP contribution in [0.5, 0.6) is 5.75 Å². The Balaban J connectivity index is 1.64. The van der Waals surface area contributed by atoms with Crippen molar-refractivity contribution in [2.45, 2.75) is 31.7 Å². The minimum atomic E-state index is 0.0240. The van der Waals surface area contributed by atoms with Crippen LogP contribution in [0.25, 0.3) is 0 Å². The monoisotopic (exact) mass is 343 g/mol. The zero-order valence-corrected chi connectivity index (χ0v) is 14.7. The van der Waals surface area contributed by atoms with Crippen LogP contribution in [0.4, 0.5) is 0 Å². The SMILES string of the molecule is CCC(NC(=O)C1CC1c1ccccc1Cl)c1ccc(OC)cc1. The Morgan fingerprint density at radius 2 is 1.96 bits per heavy atom. The highest BCUT2D eigenvalue weighted by Crippen LogP contribution is 2.49. The lowest BCUT2D eigenvalue weighted by molar-refractivity contribution is -0.123. The summed E-state index contributed by atoms with van der Waals surface area (Å²) in [5.74, 6) is 1.20. The summed E-state index contributed by atoms with van der Waals surface area (Å²) in [7, 11) is 1.65. The molecular formula is C20H22ClNO2. The number of amides is 1. The fraction of sp³-hybridized carbons (Fsp3) is 0.350. The van der Waals surface area contributed by atoms with Gasteiger partial charge in [-0.15, -0.1) is 0 Å². The van der Waals surface area contributed by atoms with Gasteiger partial charge in [0, 0.05) is 10.9 Å². The molecule has 3 atom stereocenters. The summed E-state index contributed by atoms with van der Waals surface area (Å²) in [5.41, 5.74) is 2.18. The maximum absolute atomic E-state index is 12.6. The molecule has 3 rings (SSSR count). The summed E-state index contributed by atoms with van der Waals surface area (Å²) in [4.78, 5) is 12.6. The highest BCUT2D eigenvalue weighted by Gasteiger charge is 2.45. The normalized spacial score (nSPS) is 20.3. The van der Waals surface area contributed by atoms with E-state index in [1.54, 1.807) is 7.11 Å². The number of rotatable bonds is 6. The van der Waals surface area contributed by atoms with Gasteiger partial charge in [0.15, 0.2) is 0 Å². The van der Waals surface area contributed by atoms with Gasteiger partial charge in [-0.05, 0) is 48.1 Å². The van der Waals surface area contributed by atoms with Gasteiger partial charge in [-0.1, -0.05) is 48.9 Å². The highest BCUT2D eigenvalue weighted by atomic mass is 35.5. The van der Waals surface area contributed by atoms with E-state index in [4.69, 9.17) is 16.3 Å². The first-order valence-corrected chi connectivity index (χ1v) is 8.70. The van der Waals surface area contributed by atoms with Gasteiger partial charge in [0.05, 0.1) is 13.2 Å². The Kier molecular flexibility index (Phi) is 5.10. The second kappa shape index (κ2) is 7.27. The molecule has 0 spiro atoms. The molecule has 1 saturated carbocycles. The lowest BCUT2D eigenvalue weighted by Crippen LogP contribution is -2.29. The van der Waals surface area contributed by atoms with Crippen molar-refractivity contribution in [3.05, 3.63) is 64.7 Å². The molecule has 0 aliphatic heterocycles. The van der Waals surface area contributed by atoms with E-state index in [2.05, 4.69) is 12.2 Å². The van der Waals surface area contributed by atoms with Crippen molar-refractivity contribution in [2.24, 2.45) is 5.92 Å². The van der Waals surface area contributed by atoms with E-state index in [9.17, 15) is 4.79 Å². The largest absolute Gasteiger partial charge is 0.497 e. The molecule has 0 saturated heterocycles. The number of ether oxygens (including phenoxy) is 1. The lowest BCUT2D eigenvalue weighted by Gasteiger charge is -2.18. The molecule has 4 heteroatoms. The lowest BCUT2D eigenvalue weighted by atomic mass is 10.0. The van der Waals surface area contributed by atoms with Gasteiger partial charge in [-0.25, -0.2) is 0 Å². The Hall–Kier alpha value is -2.00. The molecule has 126 valence electrons. The van der Waals surface area contributed by atoms with Gasteiger partial charge in [-0.3, -0.25) is 4.79 Å². The summed E-state index contributed by atoms with van der Waals surface area (Å²) < 4.78 is 5.19. The zero-order valence-electron chi connectivity index (χ0n) is 14.0. The smallest absolute Gasteiger partial charge is 0.224 e. The first kappa shape index (κ1) is 16.8. The van der Waals surface area contributed by atoms with Crippen molar-refractivity contribution >= 4 is 17.5 Å². The van der Waals surface area contributed by atoms with Crippen molar-refractivity contribution < 1.29 is 9.53 Å². The van der Waals surface area contributed by atoms with Crippen molar-refractivity contribution in [1.82, 2.24) is 5.32 Å². The second-order valence-corrected chi connectivity index (χ2v) is 6.62. The van der Waals surface area contributed by atoms with Crippen LogP contribution in [-0.2, 0) is 4.79 Å². The Morgan fingerprint density at radius 3 is 2.58 bits per heavy atom. The Labute approximate surface area is 148 Å². The van der Waals surface area contributed by atoms with Gasteiger partial charge >= 0.3 is 0 Å². The first-order chi connectivity index (χ1) is 11.6. The molecule has 2 aromatic rings. The molecule has 1 fully saturated rings. The quantitative estimate of drug-likeness (QED) is 0.824. The van der Waals surface area contributed by atoms with Crippen molar-refractivity contribution in [3.8, 4) is 5.75 Å². The number of halogens is 1. The van der Waals surface area contributed by atoms with E-state index < -0.39 is 0 Å². The number of carbonyl (C=O) groups is 1. The van der Waals surface area contributed by atoms with Gasteiger partial charge < -0.3 is 10.1 Å². The van der Waals surface area contributed by atoms with Crippen LogP contribution < -0.4 is 10.1 Å². The van der Waals surface area contributed by atoms with E-state index in [1.807, 2.05) is 48.5 Å². The zero-order chi connectivity index (χ0) is 17.1. The van der Waals surface area contributed by atoms with Crippen molar-refractivity contribution in [2.75, 3.05) is 7.11 Å². The maximum Gasteiger partial charge on any atom is 0.224 e. The third-order valence-corrected chi connectivity index (χ3v) is 5.02. The number of hydrogen-bond acceptors (Lipinski definition) is 2. The fourth-order valence-corrected chi connectivity index (χ4v) is 3.42. The fourth-order valence-electron chi connectivity index (χ4n) is 3.14. The molecule has 0 bridgehead atoms. The summed E-state index contributed by atoms with van der Waals surface area (Å²) in [6.07, 6.45) is 1.72. The van der Waals surface area contributed by atoms with Crippen molar-refractivity contribution in [3.63, 3.8) is 0 Å². The standard InChI is InChI=1S/C20H22ClNO2/c1-3-19(13-8-10-14(24-2)11-9-13)22-20(23)17-12-16(17)15-6-4-5-7-18(15)21/h4-11,16-17,19H,3,12H2,1-2H3,(H,22,23). The van der Waals surface area contributed by atoms with Crippen LogP contribution in [0, 0.1) is 5.92 Å². The van der Waals surface area contributed by atoms with Crippen LogP contribution in [0.2, 0.25) is 5.02 Å². The molecule has 24 heavy (non-hydrogen) atoms. The van der Waals surface area contributed by atoms with Crippen molar-refractivity contribution in [1.29, 1.82) is 0 Å². The first-order valence-electron chi connectivity index (χ1n) is 8.32. The number of benzene rings is 2. The average Bonchev–Trinajstić information content (AvgIpc) is 3.40. The molecule has 3 nitrogen and oxygen atoms in total. The molecule has 1 N–H and O–H groups in total. The second-order valence-electron chi connectivity index (χ2n) is 6.21. The highest BCUT2D eigenvalue weighted by molar-refractivity contribution is 6.31. The van der Waals surface area contributed by atoms with Crippen LogP contribution in [0.15, 0.2) is 48.5 Å². The molecular weight excluding hydrogens is 322 g/mol. The molecule has 3 unspecified atom stereocenters. The predicted octanol–water partition coefficient (Wildman–Crippen LogP) is 4.72. The third-order valence-electron chi connectivity index (χ3n) is 4.67. The summed E-state index contributed by atoms with van der Waals surface area (Å²) in [6, 6.07) is 15.7. The molecule has 1 aliphatic rings. The van der Waals surface area contributed by atoms with Crippen LogP contribution in [-0.4, -0.2) is 13.0 Å². The Bertz CT molecular complexity index is 714. The molecule has 0 heterocycles. The maximum atomic E-state index is 12.6. The number of methoxy groups -OCH3 is 1. The molecule has 1 amide bonds. The van der Waals surface area contributed by atoms with E-state index in [0.717, 1.165) is 34.7 Å². The summed E-state index contributed by atoms with van der Waals surface area (Å²) >= 11 is 6.24. The predicted molar refractivity (Wildman–Crippen MR) is 96.5 cm³/mol. The van der Waals surface area contributed by atoms with E-state index >= 15 is 0 Å². The van der Waals surface area contributed by atoms with Crippen LogP contribution in [0.1, 0.15) is 42.9 Å². The van der Waals surface area contributed by atoms with Crippen LogP contribution >= 0.6 is 11.6 Å². The van der Waals surface area contributed by atoms with Gasteiger partial charge in [-0.2, -0.15) is 0 Å². The average molecular weight is 344 g/mol.